The highest BCUT2D eigenvalue weighted by Gasteiger charge is 2.48. The molecule has 2 rings (SSSR count). The van der Waals surface area contributed by atoms with Gasteiger partial charge in [0.05, 0.1) is 16.9 Å². The Morgan fingerprint density at radius 1 is 1.47 bits per heavy atom. The van der Waals surface area contributed by atoms with Gasteiger partial charge in [-0.1, -0.05) is 23.7 Å². The van der Waals surface area contributed by atoms with E-state index in [2.05, 4.69) is 0 Å². The van der Waals surface area contributed by atoms with Crippen molar-refractivity contribution in [2.45, 2.75) is 19.8 Å². The largest absolute Gasteiger partial charge is 0.481 e. The molecule has 0 saturated carbocycles. The minimum atomic E-state index is -3.26. The molecule has 19 heavy (non-hydrogen) atoms. The molecule has 1 N–H and O–H groups in total. The van der Waals surface area contributed by atoms with Crippen molar-refractivity contribution < 1.29 is 18.3 Å². The van der Waals surface area contributed by atoms with Crippen LogP contribution in [0.15, 0.2) is 18.2 Å². The number of sulfone groups is 1. The summed E-state index contributed by atoms with van der Waals surface area (Å²) in [7, 11) is -3.26. The summed E-state index contributed by atoms with van der Waals surface area (Å²) in [4.78, 5) is 11.5. The topological polar surface area (TPSA) is 71.4 Å². The molecule has 4 nitrogen and oxygen atoms in total. The molecule has 0 aromatic heterocycles. The maximum absolute atomic E-state index is 11.6. The Kier molecular flexibility index (Phi) is 3.62. The number of hydrogen-bond donors (Lipinski definition) is 1. The van der Waals surface area contributed by atoms with E-state index in [1.54, 1.807) is 12.1 Å². The number of hydrogen-bond acceptors (Lipinski definition) is 3. The van der Waals surface area contributed by atoms with Gasteiger partial charge in [-0.2, -0.15) is 0 Å². The number of aryl methyl sites for hydroxylation is 1. The molecule has 1 aromatic rings. The van der Waals surface area contributed by atoms with Crippen LogP contribution < -0.4 is 0 Å². The molecule has 0 amide bonds. The minimum Gasteiger partial charge on any atom is -0.481 e. The lowest BCUT2D eigenvalue weighted by molar-refractivity contribution is -0.147. The number of carboxylic acids is 1. The van der Waals surface area contributed by atoms with Gasteiger partial charge in [-0.3, -0.25) is 4.79 Å². The number of halogens is 1. The SMILES string of the molecule is Cc1ccc(CC2(C(=O)O)CCS(=O)(=O)C2)c(Cl)c1. The van der Waals surface area contributed by atoms with E-state index in [1.807, 2.05) is 13.0 Å². The molecule has 1 aliphatic rings. The van der Waals surface area contributed by atoms with E-state index in [-0.39, 0.29) is 24.3 Å². The lowest BCUT2D eigenvalue weighted by atomic mass is 9.81. The molecule has 1 heterocycles. The number of benzene rings is 1. The molecule has 6 heteroatoms. The number of carboxylic acid groups (broad SMARTS) is 1. The zero-order chi connectivity index (χ0) is 14.3. The zero-order valence-corrected chi connectivity index (χ0v) is 12.1. The summed E-state index contributed by atoms with van der Waals surface area (Å²) in [6, 6.07) is 5.38. The van der Waals surface area contributed by atoms with Gasteiger partial charge in [-0.15, -0.1) is 0 Å². The standard InChI is InChI=1S/C13H15ClO4S/c1-9-2-3-10(11(14)6-9)7-13(12(15)16)4-5-19(17,18)8-13/h2-3,6H,4-5,7-8H2,1H3,(H,15,16). The summed E-state index contributed by atoms with van der Waals surface area (Å²) in [5.41, 5.74) is 0.432. The average Bonchev–Trinajstić information content (AvgIpc) is 2.60. The van der Waals surface area contributed by atoms with Crippen molar-refractivity contribution in [3.63, 3.8) is 0 Å². The summed E-state index contributed by atoms with van der Waals surface area (Å²) in [5.74, 6) is -1.44. The normalized spacial score (nSPS) is 25.4. The first-order valence-corrected chi connectivity index (χ1v) is 8.13. The molecule has 104 valence electrons. The van der Waals surface area contributed by atoms with Crippen molar-refractivity contribution >= 4 is 27.4 Å². The Bertz CT molecular complexity index is 624. The van der Waals surface area contributed by atoms with Gasteiger partial charge < -0.3 is 5.11 Å². The smallest absolute Gasteiger partial charge is 0.311 e. The second-order valence-electron chi connectivity index (χ2n) is 5.20. The second-order valence-corrected chi connectivity index (χ2v) is 7.79. The van der Waals surface area contributed by atoms with Gasteiger partial charge in [0.2, 0.25) is 0 Å². The first-order valence-electron chi connectivity index (χ1n) is 5.93. The van der Waals surface area contributed by atoms with Gasteiger partial charge in [0.15, 0.2) is 9.84 Å². The summed E-state index contributed by atoms with van der Waals surface area (Å²) in [6.07, 6.45) is 0.301. The van der Waals surface area contributed by atoms with Gasteiger partial charge in [0.25, 0.3) is 0 Å². The molecule has 0 aliphatic carbocycles. The maximum Gasteiger partial charge on any atom is 0.311 e. The van der Waals surface area contributed by atoms with Crippen LogP contribution in [0.25, 0.3) is 0 Å². The molecule has 1 aliphatic heterocycles. The molecule has 1 saturated heterocycles. The predicted octanol–water partition coefficient (Wildman–Crippen LogP) is 2.08. The molecule has 0 spiro atoms. The van der Waals surface area contributed by atoms with Crippen molar-refractivity contribution in [2.75, 3.05) is 11.5 Å². The van der Waals surface area contributed by atoms with Crippen LogP contribution in [0.2, 0.25) is 5.02 Å². The maximum atomic E-state index is 11.6. The third-order valence-electron chi connectivity index (χ3n) is 3.58. The average molecular weight is 303 g/mol. The van der Waals surface area contributed by atoms with Crippen LogP contribution in [-0.4, -0.2) is 31.0 Å². The highest BCUT2D eigenvalue weighted by molar-refractivity contribution is 7.91. The molecular formula is C13H15ClO4S. The van der Waals surface area contributed by atoms with Crippen molar-refractivity contribution in [1.82, 2.24) is 0 Å². The number of carbonyl (C=O) groups is 1. The van der Waals surface area contributed by atoms with Crippen LogP contribution in [0.4, 0.5) is 0 Å². The molecule has 1 atom stereocenters. The molecule has 1 aromatic carbocycles. The zero-order valence-electron chi connectivity index (χ0n) is 10.5. The van der Waals surface area contributed by atoms with E-state index in [0.29, 0.717) is 10.6 Å². The molecule has 1 fully saturated rings. The highest BCUT2D eigenvalue weighted by Crippen LogP contribution is 2.37. The minimum absolute atomic E-state index is 0.0667. The van der Waals surface area contributed by atoms with Crippen LogP contribution in [-0.2, 0) is 21.1 Å². The first-order chi connectivity index (χ1) is 8.74. The van der Waals surface area contributed by atoms with Gasteiger partial charge in [0.1, 0.15) is 0 Å². The summed E-state index contributed by atoms with van der Waals surface area (Å²) in [6.45, 7) is 1.89. The Labute approximate surface area is 117 Å². The van der Waals surface area contributed by atoms with E-state index >= 15 is 0 Å². The Balaban J connectivity index is 2.35. The first kappa shape index (κ1) is 14.3. The molecule has 1 unspecified atom stereocenters. The fourth-order valence-electron chi connectivity index (χ4n) is 2.46. The number of rotatable bonds is 3. The van der Waals surface area contributed by atoms with E-state index < -0.39 is 21.2 Å². The fourth-order valence-corrected chi connectivity index (χ4v) is 4.82. The van der Waals surface area contributed by atoms with Crippen LogP contribution >= 0.6 is 11.6 Å². The molecular weight excluding hydrogens is 288 g/mol. The number of aliphatic carboxylic acids is 1. The monoisotopic (exact) mass is 302 g/mol. The van der Waals surface area contributed by atoms with Crippen LogP contribution in [0, 0.1) is 12.3 Å². The van der Waals surface area contributed by atoms with Crippen LogP contribution in [0.1, 0.15) is 17.5 Å². The second kappa shape index (κ2) is 4.80. The van der Waals surface area contributed by atoms with E-state index in [1.165, 1.54) is 0 Å². The van der Waals surface area contributed by atoms with Crippen LogP contribution in [0.3, 0.4) is 0 Å². The highest BCUT2D eigenvalue weighted by atomic mass is 35.5. The van der Waals surface area contributed by atoms with E-state index in [0.717, 1.165) is 5.56 Å². The molecule has 0 radical (unpaired) electrons. The Morgan fingerprint density at radius 3 is 2.63 bits per heavy atom. The van der Waals surface area contributed by atoms with E-state index in [9.17, 15) is 18.3 Å². The van der Waals surface area contributed by atoms with Gasteiger partial charge in [-0.05, 0) is 37.0 Å². The van der Waals surface area contributed by atoms with Crippen LogP contribution in [0.5, 0.6) is 0 Å². The van der Waals surface area contributed by atoms with Crippen molar-refractivity contribution in [3.05, 3.63) is 34.3 Å². The van der Waals surface area contributed by atoms with Crippen molar-refractivity contribution in [3.8, 4) is 0 Å². The molecule has 0 bridgehead atoms. The predicted molar refractivity (Wildman–Crippen MR) is 73.2 cm³/mol. The van der Waals surface area contributed by atoms with Crippen molar-refractivity contribution in [1.29, 1.82) is 0 Å². The Hall–Kier alpha value is -1.07. The summed E-state index contributed by atoms with van der Waals surface area (Å²) in [5, 5.41) is 9.89. The third kappa shape index (κ3) is 2.92. The summed E-state index contributed by atoms with van der Waals surface area (Å²) < 4.78 is 23.2. The van der Waals surface area contributed by atoms with E-state index in [4.69, 9.17) is 11.6 Å². The lowest BCUT2D eigenvalue weighted by Crippen LogP contribution is -2.34. The third-order valence-corrected chi connectivity index (χ3v) is 5.75. The van der Waals surface area contributed by atoms with Gasteiger partial charge >= 0.3 is 5.97 Å². The quantitative estimate of drug-likeness (QED) is 0.928. The summed E-state index contributed by atoms with van der Waals surface area (Å²) >= 11 is 6.10. The Morgan fingerprint density at radius 2 is 2.16 bits per heavy atom. The fraction of sp³-hybridized carbons (Fsp3) is 0.462. The lowest BCUT2D eigenvalue weighted by Gasteiger charge is -2.23. The van der Waals surface area contributed by atoms with Crippen molar-refractivity contribution in [2.24, 2.45) is 5.41 Å². The van der Waals surface area contributed by atoms with Gasteiger partial charge in [-0.25, -0.2) is 8.42 Å². The van der Waals surface area contributed by atoms with Gasteiger partial charge in [0, 0.05) is 5.02 Å².